The number of likely N-dealkylation sites (tertiary alicyclic amines) is 1. The quantitative estimate of drug-likeness (QED) is 0.800. The Bertz CT molecular complexity index is 579. The van der Waals surface area contributed by atoms with Gasteiger partial charge in [-0.3, -0.25) is 4.79 Å². The molecular weight excluding hydrogens is 212 g/mol. The molecule has 3 heteroatoms. The van der Waals surface area contributed by atoms with Crippen molar-refractivity contribution >= 4 is 16.8 Å². The number of aromatic amines is 1. The molecule has 1 fully saturated rings. The van der Waals surface area contributed by atoms with E-state index in [1.54, 1.807) is 0 Å². The Labute approximate surface area is 100 Å². The first-order valence-electron chi connectivity index (χ1n) is 6.02. The van der Waals surface area contributed by atoms with Gasteiger partial charge in [-0.15, -0.1) is 0 Å². The maximum absolute atomic E-state index is 12.1. The largest absolute Gasteiger partial charge is 0.351 e. The SMILES string of the molecule is Cc1ccc2[nH]c(C(=O)N3CC(C)C3)cc2c1. The fourth-order valence-corrected chi connectivity index (χ4v) is 2.40. The number of hydrogen-bond acceptors (Lipinski definition) is 1. The van der Waals surface area contributed by atoms with Gasteiger partial charge < -0.3 is 9.88 Å². The summed E-state index contributed by atoms with van der Waals surface area (Å²) >= 11 is 0. The third kappa shape index (κ3) is 1.71. The van der Waals surface area contributed by atoms with Crippen molar-refractivity contribution in [3.8, 4) is 0 Å². The van der Waals surface area contributed by atoms with E-state index in [-0.39, 0.29) is 5.91 Å². The average Bonchev–Trinajstić information content (AvgIpc) is 2.66. The molecule has 0 atom stereocenters. The van der Waals surface area contributed by atoms with Gasteiger partial charge in [0, 0.05) is 24.0 Å². The molecule has 1 N–H and O–H groups in total. The van der Waals surface area contributed by atoms with Crippen LogP contribution in [0, 0.1) is 12.8 Å². The normalized spacial score (nSPS) is 16.2. The molecule has 0 unspecified atom stereocenters. The van der Waals surface area contributed by atoms with E-state index in [0.29, 0.717) is 11.6 Å². The van der Waals surface area contributed by atoms with Crippen LogP contribution in [-0.4, -0.2) is 28.9 Å². The lowest BCUT2D eigenvalue weighted by molar-refractivity contribution is 0.0525. The van der Waals surface area contributed by atoms with Gasteiger partial charge in [-0.05, 0) is 31.0 Å². The Hall–Kier alpha value is -1.77. The monoisotopic (exact) mass is 228 g/mol. The fraction of sp³-hybridized carbons (Fsp3) is 0.357. The standard InChI is InChI=1S/C14H16N2O/c1-9-3-4-12-11(5-9)6-13(15-12)14(17)16-7-10(2)8-16/h3-6,10,15H,7-8H2,1-2H3. The van der Waals surface area contributed by atoms with Crippen LogP contribution < -0.4 is 0 Å². The number of nitrogens with zero attached hydrogens (tertiary/aromatic N) is 1. The highest BCUT2D eigenvalue weighted by Crippen LogP contribution is 2.21. The smallest absolute Gasteiger partial charge is 0.270 e. The van der Waals surface area contributed by atoms with Crippen LogP contribution in [0.25, 0.3) is 10.9 Å². The number of aromatic nitrogens is 1. The summed E-state index contributed by atoms with van der Waals surface area (Å²) < 4.78 is 0. The Morgan fingerprint density at radius 3 is 2.82 bits per heavy atom. The van der Waals surface area contributed by atoms with Gasteiger partial charge in [0.05, 0.1) is 0 Å². The number of carbonyl (C=O) groups excluding carboxylic acids is 1. The van der Waals surface area contributed by atoms with E-state index in [9.17, 15) is 4.79 Å². The van der Waals surface area contributed by atoms with Crippen molar-refractivity contribution in [3.63, 3.8) is 0 Å². The van der Waals surface area contributed by atoms with Crippen molar-refractivity contribution < 1.29 is 4.79 Å². The van der Waals surface area contributed by atoms with E-state index in [4.69, 9.17) is 0 Å². The van der Waals surface area contributed by atoms with Crippen molar-refractivity contribution in [1.29, 1.82) is 0 Å². The molecule has 0 aliphatic carbocycles. The minimum atomic E-state index is 0.122. The van der Waals surface area contributed by atoms with E-state index < -0.39 is 0 Å². The second-order valence-corrected chi connectivity index (χ2v) is 5.09. The predicted molar refractivity (Wildman–Crippen MR) is 68.1 cm³/mol. The van der Waals surface area contributed by atoms with Crippen LogP contribution in [0.3, 0.4) is 0 Å². The second-order valence-electron chi connectivity index (χ2n) is 5.09. The summed E-state index contributed by atoms with van der Waals surface area (Å²) in [5.41, 5.74) is 2.96. The molecule has 1 aromatic carbocycles. The summed E-state index contributed by atoms with van der Waals surface area (Å²) in [7, 11) is 0. The van der Waals surface area contributed by atoms with Gasteiger partial charge in [-0.1, -0.05) is 18.6 Å². The fourth-order valence-electron chi connectivity index (χ4n) is 2.40. The van der Waals surface area contributed by atoms with E-state index in [2.05, 4.69) is 31.0 Å². The Morgan fingerprint density at radius 2 is 2.12 bits per heavy atom. The highest BCUT2D eigenvalue weighted by atomic mass is 16.2. The Morgan fingerprint density at radius 1 is 1.35 bits per heavy atom. The summed E-state index contributed by atoms with van der Waals surface area (Å²) in [6.07, 6.45) is 0. The minimum absolute atomic E-state index is 0.122. The molecule has 0 saturated carbocycles. The number of hydrogen-bond donors (Lipinski definition) is 1. The topological polar surface area (TPSA) is 36.1 Å². The lowest BCUT2D eigenvalue weighted by Crippen LogP contribution is -2.48. The lowest BCUT2D eigenvalue weighted by atomic mass is 10.0. The first kappa shape index (κ1) is 10.4. The van der Waals surface area contributed by atoms with Crippen LogP contribution in [0.1, 0.15) is 23.0 Å². The number of rotatable bonds is 1. The summed E-state index contributed by atoms with van der Waals surface area (Å²) in [5, 5.41) is 1.11. The van der Waals surface area contributed by atoms with E-state index in [1.165, 1.54) is 5.56 Å². The zero-order valence-corrected chi connectivity index (χ0v) is 10.2. The second kappa shape index (κ2) is 3.62. The Balaban J connectivity index is 1.93. The molecule has 1 saturated heterocycles. The van der Waals surface area contributed by atoms with E-state index in [1.807, 2.05) is 17.0 Å². The van der Waals surface area contributed by atoms with Crippen LogP contribution in [-0.2, 0) is 0 Å². The number of nitrogens with one attached hydrogen (secondary N) is 1. The first-order valence-corrected chi connectivity index (χ1v) is 6.02. The van der Waals surface area contributed by atoms with E-state index in [0.717, 1.165) is 24.0 Å². The number of fused-ring (bicyclic) bond motifs is 1. The van der Waals surface area contributed by atoms with Gasteiger partial charge in [-0.25, -0.2) is 0 Å². The van der Waals surface area contributed by atoms with Crippen molar-refractivity contribution in [2.24, 2.45) is 5.92 Å². The molecule has 0 radical (unpaired) electrons. The molecule has 3 rings (SSSR count). The number of carbonyl (C=O) groups is 1. The molecule has 1 aromatic heterocycles. The highest BCUT2D eigenvalue weighted by molar-refractivity contribution is 5.98. The number of H-pyrrole nitrogens is 1. The van der Waals surface area contributed by atoms with Crippen LogP contribution in [0.15, 0.2) is 24.3 Å². The van der Waals surface area contributed by atoms with Crippen LogP contribution >= 0.6 is 0 Å². The van der Waals surface area contributed by atoms with Gasteiger partial charge in [0.15, 0.2) is 0 Å². The van der Waals surface area contributed by atoms with Gasteiger partial charge >= 0.3 is 0 Å². The average molecular weight is 228 g/mol. The lowest BCUT2D eigenvalue weighted by Gasteiger charge is -2.36. The van der Waals surface area contributed by atoms with Crippen LogP contribution in [0.5, 0.6) is 0 Å². The maximum atomic E-state index is 12.1. The van der Waals surface area contributed by atoms with Crippen LogP contribution in [0.2, 0.25) is 0 Å². The van der Waals surface area contributed by atoms with Crippen LogP contribution in [0.4, 0.5) is 0 Å². The summed E-state index contributed by atoms with van der Waals surface area (Å²) in [6, 6.07) is 8.13. The third-order valence-corrected chi connectivity index (χ3v) is 3.36. The molecule has 1 amide bonds. The number of amides is 1. The van der Waals surface area contributed by atoms with Gasteiger partial charge in [0.1, 0.15) is 5.69 Å². The van der Waals surface area contributed by atoms with Crippen molar-refractivity contribution in [3.05, 3.63) is 35.5 Å². The first-order chi connectivity index (χ1) is 8.13. The zero-order chi connectivity index (χ0) is 12.0. The van der Waals surface area contributed by atoms with E-state index >= 15 is 0 Å². The van der Waals surface area contributed by atoms with Crippen molar-refractivity contribution in [2.75, 3.05) is 13.1 Å². The van der Waals surface area contributed by atoms with Gasteiger partial charge in [0.25, 0.3) is 5.91 Å². The summed E-state index contributed by atoms with van der Waals surface area (Å²) in [4.78, 5) is 17.2. The highest BCUT2D eigenvalue weighted by Gasteiger charge is 2.28. The molecule has 88 valence electrons. The van der Waals surface area contributed by atoms with Gasteiger partial charge in [0.2, 0.25) is 0 Å². The summed E-state index contributed by atoms with van der Waals surface area (Å²) in [6.45, 7) is 5.99. The Kier molecular flexibility index (Phi) is 2.21. The molecule has 0 spiro atoms. The molecule has 1 aliphatic rings. The molecule has 2 heterocycles. The third-order valence-electron chi connectivity index (χ3n) is 3.36. The number of aryl methyl sites for hydroxylation is 1. The molecule has 17 heavy (non-hydrogen) atoms. The molecular formula is C14H16N2O. The minimum Gasteiger partial charge on any atom is -0.351 e. The maximum Gasteiger partial charge on any atom is 0.270 e. The van der Waals surface area contributed by atoms with Crippen molar-refractivity contribution in [1.82, 2.24) is 9.88 Å². The predicted octanol–water partition coefficient (Wildman–Crippen LogP) is 2.57. The summed E-state index contributed by atoms with van der Waals surface area (Å²) in [5.74, 6) is 0.766. The molecule has 0 bridgehead atoms. The number of benzene rings is 1. The zero-order valence-electron chi connectivity index (χ0n) is 10.2. The van der Waals surface area contributed by atoms with Gasteiger partial charge in [-0.2, -0.15) is 0 Å². The van der Waals surface area contributed by atoms with Crippen molar-refractivity contribution in [2.45, 2.75) is 13.8 Å². The molecule has 3 nitrogen and oxygen atoms in total. The molecule has 2 aromatic rings. The molecule has 1 aliphatic heterocycles.